The number of urea groups is 1. The summed E-state index contributed by atoms with van der Waals surface area (Å²) in [5.41, 5.74) is 12.1. The van der Waals surface area contributed by atoms with Crippen molar-refractivity contribution in [3.05, 3.63) is 65.7 Å². The molecule has 2 aromatic rings. The van der Waals surface area contributed by atoms with Gasteiger partial charge in [0, 0.05) is 25.6 Å². The van der Waals surface area contributed by atoms with E-state index in [0.29, 0.717) is 24.2 Å². The molecule has 1 saturated heterocycles. The Morgan fingerprint density at radius 3 is 2.45 bits per heavy atom. The van der Waals surface area contributed by atoms with E-state index < -0.39 is 17.9 Å². The first kappa shape index (κ1) is 22.5. The molecule has 9 heteroatoms. The van der Waals surface area contributed by atoms with E-state index in [4.69, 9.17) is 11.5 Å². The van der Waals surface area contributed by atoms with Gasteiger partial charge in [0.1, 0.15) is 11.6 Å². The van der Waals surface area contributed by atoms with Crippen molar-refractivity contribution < 1.29 is 18.4 Å². The Balaban J connectivity index is 1.64. The Labute approximate surface area is 179 Å². The molecule has 2 aromatic carbocycles. The Hall–Kier alpha value is -3.20. The van der Waals surface area contributed by atoms with Crippen LogP contribution in [0.15, 0.2) is 48.5 Å². The van der Waals surface area contributed by atoms with Crippen molar-refractivity contribution in [2.45, 2.75) is 37.4 Å². The second-order valence-electron chi connectivity index (χ2n) is 7.76. The van der Waals surface area contributed by atoms with Crippen LogP contribution in [0, 0.1) is 11.6 Å². The fraction of sp³-hybridized carbons (Fsp3) is 0.364. The Morgan fingerprint density at radius 1 is 1.10 bits per heavy atom. The molecule has 6 N–H and O–H groups in total. The van der Waals surface area contributed by atoms with Gasteiger partial charge in [0.15, 0.2) is 0 Å². The van der Waals surface area contributed by atoms with E-state index in [0.717, 1.165) is 0 Å². The summed E-state index contributed by atoms with van der Waals surface area (Å²) in [6, 6.07) is 10.7. The molecular weight excluding hydrogens is 404 g/mol. The number of hydrogen-bond donors (Lipinski definition) is 4. The summed E-state index contributed by atoms with van der Waals surface area (Å²) in [6.07, 6.45) is 0.722. The van der Waals surface area contributed by atoms with Gasteiger partial charge in [0.2, 0.25) is 5.91 Å². The molecule has 0 aliphatic carbocycles. The van der Waals surface area contributed by atoms with Crippen LogP contribution in [0.25, 0.3) is 0 Å². The van der Waals surface area contributed by atoms with Gasteiger partial charge < -0.3 is 27.0 Å². The molecule has 3 rings (SSSR count). The number of nitrogens with two attached hydrogens (primary N) is 2. The molecule has 3 atom stereocenters. The van der Waals surface area contributed by atoms with Crippen molar-refractivity contribution in [3.8, 4) is 0 Å². The minimum absolute atomic E-state index is 0.0217. The van der Waals surface area contributed by atoms with Crippen LogP contribution < -0.4 is 22.1 Å². The van der Waals surface area contributed by atoms with E-state index in [2.05, 4.69) is 10.6 Å². The number of hydrogen-bond acceptors (Lipinski definition) is 4. The van der Waals surface area contributed by atoms with Gasteiger partial charge in [0.05, 0.1) is 17.8 Å². The monoisotopic (exact) mass is 431 g/mol. The van der Waals surface area contributed by atoms with Crippen LogP contribution in [-0.4, -0.2) is 48.1 Å². The van der Waals surface area contributed by atoms with Gasteiger partial charge in [0.25, 0.3) is 0 Å². The zero-order valence-corrected chi connectivity index (χ0v) is 17.1. The van der Waals surface area contributed by atoms with E-state index in [-0.39, 0.29) is 43.2 Å². The lowest BCUT2D eigenvalue weighted by atomic mass is 10.0. The lowest BCUT2D eigenvalue weighted by Crippen LogP contribution is -2.44. The van der Waals surface area contributed by atoms with E-state index >= 15 is 0 Å². The van der Waals surface area contributed by atoms with Crippen molar-refractivity contribution in [3.63, 3.8) is 0 Å². The van der Waals surface area contributed by atoms with Crippen LogP contribution in [0.3, 0.4) is 0 Å². The molecule has 2 unspecified atom stereocenters. The first-order valence-corrected chi connectivity index (χ1v) is 10.2. The van der Waals surface area contributed by atoms with E-state index in [1.807, 2.05) is 0 Å². The van der Waals surface area contributed by atoms with Crippen LogP contribution in [0.1, 0.15) is 18.4 Å². The SMILES string of the molecule is NC(=O)NC1CC(CNc2ccccc2F)N(C(=O)C[C@H](N)Cc2ccccc2F)C1. The molecule has 0 aromatic heterocycles. The highest BCUT2D eigenvalue weighted by molar-refractivity contribution is 5.78. The fourth-order valence-electron chi connectivity index (χ4n) is 3.91. The summed E-state index contributed by atoms with van der Waals surface area (Å²) >= 11 is 0. The predicted octanol–water partition coefficient (Wildman–Crippen LogP) is 1.97. The minimum atomic E-state index is -0.670. The van der Waals surface area contributed by atoms with Gasteiger partial charge in [-0.25, -0.2) is 13.6 Å². The summed E-state index contributed by atoms with van der Waals surface area (Å²) in [5.74, 6) is -0.959. The highest BCUT2D eigenvalue weighted by atomic mass is 19.1. The zero-order valence-electron chi connectivity index (χ0n) is 17.1. The number of likely N-dealkylation sites (tertiary alicyclic amines) is 1. The predicted molar refractivity (Wildman–Crippen MR) is 114 cm³/mol. The highest BCUT2D eigenvalue weighted by Crippen LogP contribution is 2.22. The van der Waals surface area contributed by atoms with E-state index in [9.17, 15) is 18.4 Å². The molecular formula is C22H27F2N5O2. The van der Waals surface area contributed by atoms with Crippen molar-refractivity contribution in [1.82, 2.24) is 10.2 Å². The molecule has 0 saturated carbocycles. The molecule has 1 aliphatic rings. The van der Waals surface area contributed by atoms with Crippen LogP contribution in [0.2, 0.25) is 0 Å². The highest BCUT2D eigenvalue weighted by Gasteiger charge is 2.36. The molecule has 3 amide bonds. The third-order valence-electron chi connectivity index (χ3n) is 5.36. The molecule has 7 nitrogen and oxygen atoms in total. The maximum atomic E-state index is 13.9. The number of benzene rings is 2. The molecule has 166 valence electrons. The van der Waals surface area contributed by atoms with Crippen molar-refractivity contribution >= 4 is 17.6 Å². The number of anilines is 1. The van der Waals surface area contributed by atoms with Gasteiger partial charge in [-0.1, -0.05) is 30.3 Å². The number of primary amides is 1. The average molecular weight is 431 g/mol. The summed E-state index contributed by atoms with van der Waals surface area (Å²) in [5, 5.41) is 5.65. The number of carbonyl (C=O) groups is 2. The second kappa shape index (κ2) is 10.2. The maximum Gasteiger partial charge on any atom is 0.312 e. The van der Waals surface area contributed by atoms with Crippen LogP contribution in [0.4, 0.5) is 19.3 Å². The number of rotatable bonds is 8. The summed E-state index contributed by atoms with van der Waals surface area (Å²) in [4.78, 5) is 25.8. The first-order chi connectivity index (χ1) is 14.8. The lowest BCUT2D eigenvalue weighted by molar-refractivity contribution is -0.132. The standard InChI is InChI=1S/C22H27F2N5O2/c23-18-6-2-1-5-14(18)9-15(25)10-21(30)29-13-16(28-22(26)31)11-17(29)12-27-20-8-4-3-7-19(20)24/h1-8,15-17,27H,9-13,25H2,(H3,26,28,31)/t15-,16?,17?/m1/s1. The summed E-state index contributed by atoms with van der Waals surface area (Å²) in [6.45, 7) is 0.573. The number of carbonyl (C=O) groups excluding carboxylic acids is 2. The van der Waals surface area contributed by atoms with Crippen molar-refractivity contribution in [2.24, 2.45) is 11.5 Å². The van der Waals surface area contributed by atoms with E-state index in [1.54, 1.807) is 41.3 Å². The third-order valence-corrected chi connectivity index (χ3v) is 5.36. The smallest absolute Gasteiger partial charge is 0.312 e. The van der Waals surface area contributed by atoms with Crippen LogP contribution >= 0.6 is 0 Å². The fourth-order valence-corrected chi connectivity index (χ4v) is 3.91. The number of nitrogens with zero attached hydrogens (tertiary/aromatic N) is 1. The number of halogens is 2. The van der Waals surface area contributed by atoms with Gasteiger partial charge in [-0.3, -0.25) is 4.79 Å². The Morgan fingerprint density at radius 2 is 1.77 bits per heavy atom. The van der Waals surface area contributed by atoms with Gasteiger partial charge >= 0.3 is 6.03 Å². The summed E-state index contributed by atoms with van der Waals surface area (Å²) < 4.78 is 27.8. The molecule has 0 spiro atoms. The zero-order chi connectivity index (χ0) is 22.4. The van der Waals surface area contributed by atoms with E-state index in [1.165, 1.54) is 12.1 Å². The van der Waals surface area contributed by atoms with Gasteiger partial charge in [-0.05, 0) is 36.6 Å². The summed E-state index contributed by atoms with van der Waals surface area (Å²) in [7, 11) is 0. The topological polar surface area (TPSA) is 113 Å². The quantitative estimate of drug-likeness (QED) is 0.512. The number of para-hydroxylation sites is 1. The van der Waals surface area contributed by atoms with Crippen LogP contribution in [0.5, 0.6) is 0 Å². The second-order valence-corrected chi connectivity index (χ2v) is 7.76. The largest absolute Gasteiger partial charge is 0.381 e. The molecule has 1 heterocycles. The molecule has 1 fully saturated rings. The Bertz CT molecular complexity index is 926. The molecule has 1 aliphatic heterocycles. The minimum Gasteiger partial charge on any atom is -0.381 e. The Kier molecular flexibility index (Phi) is 7.41. The van der Waals surface area contributed by atoms with Gasteiger partial charge in [-0.15, -0.1) is 0 Å². The molecule has 0 radical (unpaired) electrons. The maximum absolute atomic E-state index is 13.9. The van der Waals surface area contributed by atoms with Crippen molar-refractivity contribution in [1.29, 1.82) is 0 Å². The molecule has 31 heavy (non-hydrogen) atoms. The van der Waals surface area contributed by atoms with Crippen molar-refractivity contribution in [2.75, 3.05) is 18.4 Å². The first-order valence-electron chi connectivity index (χ1n) is 10.2. The number of amides is 3. The normalized spacial score (nSPS) is 19.1. The number of nitrogens with one attached hydrogen (secondary N) is 2. The molecule has 0 bridgehead atoms. The van der Waals surface area contributed by atoms with Gasteiger partial charge in [-0.2, -0.15) is 0 Å². The lowest BCUT2D eigenvalue weighted by Gasteiger charge is -2.26. The third kappa shape index (κ3) is 6.14. The van der Waals surface area contributed by atoms with Crippen LogP contribution in [-0.2, 0) is 11.2 Å². The average Bonchev–Trinajstić information content (AvgIpc) is 3.11.